The number of halogens is 1. The summed E-state index contributed by atoms with van der Waals surface area (Å²) < 4.78 is 0. The van der Waals surface area contributed by atoms with Crippen LogP contribution in [0.5, 0.6) is 0 Å². The zero-order valence-electron chi connectivity index (χ0n) is 6.00. The fraction of sp³-hybridized carbons (Fsp3) is 0.429. The quantitative estimate of drug-likeness (QED) is 0.499. The number of rotatable bonds is 2. The second kappa shape index (κ2) is 3.10. The summed E-state index contributed by atoms with van der Waals surface area (Å²) in [6, 6.07) is 0. The van der Waals surface area contributed by atoms with E-state index >= 15 is 0 Å². The fourth-order valence-corrected chi connectivity index (χ4v) is 1.61. The standard InChI is InChI=1S/C7H11BrN2/c1-3-9-5-6-10(4-2)7(9)8/h3,5-7H,1,4H2,2H3. The molecule has 2 nitrogen and oxygen atoms in total. The van der Waals surface area contributed by atoms with Gasteiger partial charge in [0.25, 0.3) is 0 Å². The van der Waals surface area contributed by atoms with E-state index in [2.05, 4.69) is 34.3 Å². The molecule has 3 heteroatoms. The highest BCUT2D eigenvalue weighted by Crippen LogP contribution is 2.19. The van der Waals surface area contributed by atoms with Gasteiger partial charge < -0.3 is 9.80 Å². The van der Waals surface area contributed by atoms with Crippen molar-refractivity contribution in [2.24, 2.45) is 0 Å². The molecule has 0 aliphatic carbocycles. The first-order valence-electron chi connectivity index (χ1n) is 3.27. The maximum Gasteiger partial charge on any atom is 0.162 e. The molecule has 1 unspecified atom stereocenters. The monoisotopic (exact) mass is 202 g/mol. The Morgan fingerprint density at radius 2 is 2.40 bits per heavy atom. The van der Waals surface area contributed by atoms with Crippen molar-refractivity contribution in [3.8, 4) is 0 Å². The van der Waals surface area contributed by atoms with Crippen LogP contribution in [0.4, 0.5) is 0 Å². The van der Waals surface area contributed by atoms with Crippen molar-refractivity contribution in [1.82, 2.24) is 9.80 Å². The van der Waals surface area contributed by atoms with Gasteiger partial charge in [-0.1, -0.05) is 6.58 Å². The van der Waals surface area contributed by atoms with Gasteiger partial charge in [0.15, 0.2) is 5.08 Å². The smallest absolute Gasteiger partial charge is 0.162 e. The van der Waals surface area contributed by atoms with Crippen molar-refractivity contribution < 1.29 is 0 Å². The molecule has 1 aliphatic rings. The van der Waals surface area contributed by atoms with E-state index < -0.39 is 0 Å². The van der Waals surface area contributed by atoms with Gasteiger partial charge in [-0.25, -0.2) is 0 Å². The van der Waals surface area contributed by atoms with E-state index in [0.29, 0.717) is 0 Å². The summed E-state index contributed by atoms with van der Waals surface area (Å²) in [6.07, 6.45) is 5.84. The Hall–Kier alpha value is -0.440. The molecule has 1 atom stereocenters. The molecule has 1 heterocycles. The third-order valence-electron chi connectivity index (χ3n) is 1.53. The second-order valence-corrected chi connectivity index (χ2v) is 2.89. The minimum atomic E-state index is 0.259. The molecule has 1 rings (SSSR count). The first kappa shape index (κ1) is 7.66. The molecule has 10 heavy (non-hydrogen) atoms. The molecule has 1 aliphatic heterocycles. The van der Waals surface area contributed by atoms with E-state index in [1.807, 2.05) is 17.3 Å². The van der Waals surface area contributed by atoms with Crippen molar-refractivity contribution in [2.75, 3.05) is 6.54 Å². The van der Waals surface area contributed by atoms with Crippen molar-refractivity contribution in [3.63, 3.8) is 0 Å². The molecule has 0 aromatic rings. The number of alkyl halides is 1. The normalized spacial score (nSPS) is 24.0. The first-order chi connectivity index (χ1) is 4.79. The lowest BCUT2D eigenvalue weighted by Gasteiger charge is -2.23. The summed E-state index contributed by atoms with van der Waals surface area (Å²) in [5, 5.41) is 0.259. The molecule has 0 spiro atoms. The Bertz CT molecular complexity index is 156. The Balaban J connectivity index is 2.57. The summed E-state index contributed by atoms with van der Waals surface area (Å²) in [4.78, 5) is 4.17. The minimum Gasteiger partial charge on any atom is -0.347 e. The Morgan fingerprint density at radius 3 is 2.70 bits per heavy atom. The highest BCUT2D eigenvalue weighted by Gasteiger charge is 2.18. The van der Waals surface area contributed by atoms with Crippen molar-refractivity contribution in [1.29, 1.82) is 0 Å². The zero-order chi connectivity index (χ0) is 7.56. The van der Waals surface area contributed by atoms with E-state index in [0.717, 1.165) is 6.54 Å². The predicted molar refractivity (Wildman–Crippen MR) is 46.3 cm³/mol. The van der Waals surface area contributed by atoms with Crippen LogP contribution in [-0.2, 0) is 0 Å². The van der Waals surface area contributed by atoms with Gasteiger partial charge in [0.2, 0.25) is 0 Å². The van der Waals surface area contributed by atoms with E-state index in [-0.39, 0.29) is 5.08 Å². The molecular formula is C7H11BrN2. The summed E-state index contributed by atoms with van der Waals surface area (Å²) in [7, 11) is 0. The van der Waals surface area contributed by atoms with Gasteiger partial charge in [-0.3, -0.25) is 0 Å². The number of hydrogen-bond acceptors (Lipinski definition) is 2. The third-order valence-corrected chi connectivity index (χ3v) is 2.52. The highest BCUT2D eigenvalue weighted by atomic mass is 79.9. The van der Waals surface area contributed by atoms with Gasteiger partial charge in [-0.05, 0) is 29.1 Å². The lowest BCUT2D eigenvalue weighted by Crippen LogP contribution is -2.29. The zero-order valence-corrected chi connectivity index (χ0v) is 7.58. The summed E-state index contributed by atoms with van der Waals surface area (Å²) in [5.74, 6) is 0. The van der Waals surface area contributed by atoms with Crippen LogP contribution in [0, 0.1) is 0 Å². The second-order valence-electron chi connectivity index (χ2n) is 2.07. The molecule has 0 N–H and O–H groups in total. The van der Waals surface area contributed by atoms with Crippen LogP contribution >= 0.6 is 15.9 Å². The molecule has 0 bridgehead atoms. The Kier molecular flexibility index (Phi) is 2.38. The SMILES string of the molecule is C=CN1C=CN(CC)C1Br. The van der Waals surface area contributed by atoms with Gasteiger partial charge in [0.1, 0.15) is 0 Å². The van der Waals surface area contributed by atoms with Crippen LogP contribution in [0.1, 0.15) is 6.92 Å². The molecule has 0 aromatic carbocycles. The number of nitrogens with zero attached hydrogens (tertiary/aromatic N) is 2. The summed E-state index contributed by atoms with van der Waals surface area (Å²) in [5.41, 5.74) is 0. The van der Waals surface area contributed by atoms with Gasteiger partial charge in [-0.15, -0.1) is 0 Å². The van der Waals surface area contributed by atoms with E-state index in [1.165, 1.54) is 0 Å². The summed E-state index contributed by atoms with van der Waals surface area (Å²) in [6.45, 7) is 6.81. The lowest BCUT2D eigenvalue weighted by atomic mass is 10.6. The van der Waals surface area contributed by atoms with Crippen LogP contribution in [0.25, 0.3) is 0 Å². The average Bonchev–Trinajstić information content (AvgIpc) is 2.30. The van der Waals surface area contributed by atoms with Crippen LogP contribution in [-0.4, -0.2) is 21.4 Å². The molecule has 0 radical (unpaired) electrons. The first-order valence-corrected chi connectivity index (χ1v) is 4.19. The van der Waals surface area contributed by atoms with Crippen molar-refractivity contribution in [2.45, 2.75) is 12.0 Å². The van der Waals surface area contributed by atoms with Crippen LogP contribution in [0.2, 0.25) is 0 Å². The molecule has 56 valence electrons. The minimum absolute atomic E-state index is 0.259. The molecule has 0 saturated heterocycles. The average molecular weight is 203 g/mol. The summed E-state index contributed by atoms with van der Waals surface area (Å²) >= 11 is 3.51. The molecular weight excluding hydrogens is 192 g/mol. The Morgan fingerprint density at radius 1 is 1.70 bits per heavy atom. The van der Waals surface area contributed by atoms with E-state index in [4.69, 9.17) is 0 Å². The predicted octanol–water partition coefficient (Wildman–Crippen LogP) is 1.92. The lowest BCUT2D eigenvalue weighted by molar-refractivity contribution is 0.299. The molecule has 0 aromatic heterocycles. The maximum atomic E-state index is 3.68. The van der Waals surface area contributed by atoms with Gasteiger partial charge in [0, 0.05) is 18.9 Å². The van der Waals surface area contributed by atoms with E-state index in [1.54, 1.807) is 6.20 Å². The van der Waals surface area contributed by atoms with Crippen molar-refractivity contribution in [3.05, 3.63) is 25.2 Å². The third kappa shape index (κ3) is 1.19. The Labute approximate surface area is 69.9 Å². The van der Waals surface area contributed by atoms with Gasteiger partial charge in [-0.2, -0.15) is 0 Å². The van der Waals surface area contributed by atoms with E-state index in [9.17, 15) is 0 Å². The van der Waals surface area contributed by atoms with Gasteiger partial charge >= 0.3 is 0 Å². The van der Waals surface area contributed by atoms with Crippen molar-refractivity contribution >= 4 is 15.9 Å². The topological polar surface area (TPSA) is 6.48 Å². The number of hydrogen-bond donors (Lipinski definition) is 0. The molecule has 0 saturated carbocycles. The highest BCUT2D eigenvalue weighted by molar-refractivity contribution is 9.09. The van der Waals surface area contributed by atoms with Crippen LogP contribution < -0.4 is 0 Å². The maximum absolute atomic E-state index is 3.68. The molecule has 0 fully saturated rings. The van der Waals surface area contributed by atoms with Gasteiger partial charge in [0.05, 0.1) is 0 Å². The van der Waals surface area contributed by atoms with Crippen LogP contribution in [0.3, 0.4) is 0 Å². The van der Waals surface area contributed by atoms with Crippen LogP contribution in [0.15, 0.2) is 25.2 Å². The molecule has 0 amide bonds. The fourth-order valence-electron chi connectivity index (χ4n) is 0.880. The largest absolute Gasteiger partial charge is 0.347 e.